The number of nitrogens with two attached hydrogens (primary N) is 1. The Morgan fingerprint density at radius 3 is 2.97 bits per heavy atom. The van der Waals surface area contributed by atoms with E-state index in [0.717, 1.165) is 32.7 Å². The number of carbonyl (C=O) groups is 1. The number of amides is 1. The van der Waals surface area contributed by atoms with Gasteiger partial charge in [-0.05, 0) is 54.3 Å². The first-order valence-electron chi connectivity index (χ1n) is 10.5. The topological polar surface area (TPSA) is 99.2 Å². The van der Waals surface area contributed by atoms with Gasteiger partial charge >= 0.3 is 0 Å². The maximum atomic E-state index is 12.0. The summed E-state index contributed by atoms with van der Waals surface area (Å²) in [5, 5.41) is 6.47. The monoisotopic (exact) mass is 458 g/mol. The lowest BCUT2D eigenvalue weighted by molar-refractivity contribution is -0.125. The van der Waals surface area contributed by atoms with Crippen LogP contribution in [-0.2, 0) is 4.79 Å². The summed E-state index contributed by atoms with van der Waals surface area (Å²) in [5.41, 5.74) is 8.47. The first-order chi connectivity index (χ1) is 16.0. The summed E-state index contributed by atoms with van der Waals surface area (Å²) >= 11 is 1.57. The van der Waals surface area contributed by atoms with Crippen molar-refractivity contribution in [2.75, 3.05) is 25.9 Å². The Morgan fingerprint density at radius 1 is 1.33 bits per heavy atom. The number of hydrogen-bond acceptors (Lipinski definition) is 7. The standard InChI is InChI=1S/C24H22N6O2S/c1-4-20(31)29-8-7-16(12-29)30-24-21(23(25)26-13-27-24)18(28-30)6-5-17-11-15-9-14(2)10-19(32-3)22(15)33-17/h4,9-11,13,16H,1,7-8,12H2,2-3H3,(H2,25,26,27). The van der Waals surface area contributed by atoms with E-state index in [0.29, 0.717) is 35.6 Å². The second kappa shape index (κ2) is 8.22. The highest BCUT2D eigenvalue weighted by Crippen LogP contribution is 2.34. The molecule has 1 aromatic carbocycles. The number of aromatic nitrogens is 4. The second-order valence-corrected chi connectivity index (χ2v) is 8.98. The third-order valence-electron chi connectivity index (χ3n) is 5.76. The fraction of sp³-hybridized carbons (Fsp3) is 0.250. The van der Waals surface area contributed by atoms with Crippen LogP contribution in [0, 0.1) is 18.8 Å². The minimum atomic E-state index is -0.0847. The van der Waals surface area contributed by atoms with Crippen molar-refractivity contribution < 1.29 is 9.53 Å². The van der Waals surface area contributed by atoms with E-state index in [1.165, 1.54) is 12.4 Å². The lowest BCUT2D eigenvalue weighted by Crippen LogP contribution is -2.27. The molecule has 1 aliphatic rings. The fourth-order valence-electron chi connectivity index (χ4n) is 4.21. The summed E-state index contributed by atoms with van der Waals surface area (Å²) in [7, 11) is 1.67. The van der Waals surface area contributed by atoms with Crippen molar-refractivity contribution in [3.8, 4) is 17.6 Å². The van der Waals surface area contributed by atoms with Gasteiger partial charge in [-0.25, -0.2) is 14.6 Å². The van der Waals surface area contributed by atoms with Crippen LogP contribution in [0.5, 0.6) is 5.75 Å². The van der Waals surface area contributed by atoms with Crippen molar-refractivity contribution in [1.29, 1.82) is 0 Å². The molecule has 33 heavy (non-hydrogen) atoms. The van der Waals surface area contributed by atoms with Crippen LogP contribution < -0.4 is 10.5 Å². The molecular formula is C24H22N6O2S. The highest BCUT2D eigenvalue weighted by Gasteiger charge is 2.29. The maximum absolute atomic E-state index is 12.0. The first-order valence-corrected chi connectivity index (χ1v) is 11.3. The quantitative estimate of drug-likeness (QED) is 0.374. The average molecular weight is 459 g/mol. The first kappa shape index (κ1) is 21.0. The van der Waals surface area contributed by atoms with Gasteiger partial charge in [-0.15, -0.1) is 11.3 Å². The lowest BCUT2D eigenvalue weighted by atomic mass is 10.1. The Bertz CT molecular complexity index is 1480. The zero-order valence-corrected chi connectivity index (χ0v) is 19.1. The zero-order valence-electron chi connectivity index (χ0n) is 18.3. The van der Waals surface area contributed by atoms with Gasteiger partial charge < -0.3 is 15.4 Å². The molecule has 1 fully saturated rings. The summed E-state index contributed by atoms with van der Waals surface area (Å²) in [6.45, 7) is 6.79. The molecule has 1 amide bonds. The van der Waals surface area contributed by atoms with Crippen LogP contribution in [0.2, 0.25) is 0 Å². The molecule has 1 saturated heterocycles. The molecule has 0 bridgehead atoms. The van der Waals surface area contributed by atoms with Gasteiger partial charge in [0.1, 0.15) is 23.6 Å². The molecule has 5 rings (SSSR count). The lowest BCUT2D eigenvalue weighted by Gasteiger charge is -2.14. The molecule has 0 aliphatic carbocycles. The summed E-state index contributed by atoms with van der Waals surface area (Å²) in [4.78, 5) is 23.2. The third kappa shape index (κ3) is 3.68. The average Bonchev–Trinajstić information content (AvgIpc) is 3.53. The maximum Gasteiger partial charge on any atom is 0.246 e. The highest BCUT2D eigenvalue weighted by molar-refractivity contribution is 7.20. The number of nitrogen functional groups attached to an aromatic ring is 1. The van der Waals surface area contributed by atoms with Gasteiger partial charge in [0.2, 0.25) is 5.91 Å². The number of anilines is 1. The van der Waals surface area contributed by atoms with Gasteiger partial charge in [0.15, 0.2) is 5.65 Å². The SMILES string of the molecule is C=CC(=O)N1CCC(n2nc(C#Cc3cc4cc(C)cc(OC)c4s3)c3c(N)ncnc32)C1. The molecule has 8 nitrogen and oxygen atoms in total. The highest BCUT2D eigenvalue weighted by atomic mass is 32.1. The van der Waals surface area contributed by atoms with E-state index >= 15 is 0 Å². The van der Waals surface area contributed by atoms with Crippen LogP contribution in [0.3, 0.4) is 0 Å². The Labute approximate surface area is 194 Å². The summed E-state index contributed by atoms with van der Waals surface area (Å²) < 4.78 is 8.41. The Morgan fingerprint density at radius 2 is 2.18 bits per heavy atom. The van der Waals surface area contributed by atoms with Crippen molar-refractivity contribution >= 4 is 44.2 Å². The number of hydrogen-bond donors (Lipinski definition) is 1. The predicted octanol–water partition coefficient (Wildman–Crippen LogP) is 3.30. The number of benzene rings is 1. The van der Waals surface area contributed by atoms with Gasteiger partial charge in [0.05, 0.1) is 28.1 Å². The number of rotatable bonds is 3. The van der Waals surface area contributed by atoms with Crippen LogP contribution in [-0.4, -0.2) is 50.8 Å². The van der Waals surface area contributed by atoms with Crippen LogP contribution in [0.1, 0.15) is 28.6 Å². The summed E-state index contributed by atoms with van der Waals surface area (Å²) in [6, 6.07) is 6.17. The van der Waals surface area contributed by atoms with Gasteiger partial charge in [-0.3, -0.25) is 4.79 Å². The molecule has 1 unspecified atom stereocenters. The van der Waals surface area contributed by atoms with Crippen molar-refractivity contribution in [2.45, 2.75) is 19.4 Å². The number of ether oxygens (including phenoxy) is 1. The van der Waals surface area contributed by atoms with E-state index in [1.54, 1.807) is 23.3 Å². The number of thiophene rings is 1. The van der Waals surface area contributed by atoms with E-state index in [-0.39, 0.29) is 11.9 Å². The van der Waals surface area contributed by atoms with E-state index in [9.17, 15) is 4.79 Å². The van der Waals surface area contributed by atoms with E-state index < -0.39 is 0 Å². The normalized spacial score (nSPS) is 15.6. The number of nitrogens with zero attached hydrogens (tertiary/aromatic N) is 5. The smallest absolute Gasteiger partial charge is 0.246 e. The van der Waals surface area contributed by atoms with Crippen molar-refractivity contribution in [3.05, 3.63) is 53.3 Å². The molecule has 4 heterocycles. The Hall–Kier alpha value is -3.90. The summed E-state index contributed by atoms with van der Waals surface area (Å²) in [5.74, 6) is 7.50. The van der Waals surface area contributed by atoms with Crippen LogP contribution in [0.4, 0.5) is 5.82 Å². The van der Waals surface area contributed by atoms with Gasteiger partial charge in [-0.2, -0.15) is 5.10 Å². The molecule has 2 N–H and O–H groups in total. The molecule has 166 valence electrons. The van der Waals surface area contributed by atoms with E-state index in [2.05, 4.69) is 40.5 Å². The molecule has 3 aromatic heterocycles. The van der Waals surface area contributed by atoms with Crippen molar-refractivity contribution in [1.82, 2.24) is 24.6 Å². The predicted molar refractivity (Wildman–Crippen MR) is 129 cm³/mol. The van der Waals surface area contributed by atoms with Crippen molar-refractivity contribution in [3.63, 3.8) is 0 Å². The largest absolute Gasteiger partial charge is 0.495 e. The van der Waals surface area contributed by atoms with Gasteiger partial charge in [-0.1, -0.05) is 12.6 Å². The Balaban J connectivity index is 1.55. The number of methoxy groups -OCH3 is 1. The minimum Gasteiger partial charge on any atom is -0.495 e. The molecule has 0 radical (unpaired) electrons. The van der Waals surface area contributed by atoms with Gasteiger partial charge in [0.25, 0.3) is 0 Å². The van der Waals surface area contributed by atoms with Gasteiger partial charge in [0, 0.05) is 13.1 Å². The van der Waals surface area contributed by atoms with Crippen molar-refractivity contribution in [2.24, 2.45) is 0 Å². The number of carbonyl (C=O) groups excluding carboxylic acids is 1. The fourth-order valence-corrected chi connectivity index (χ4v) is 5.19. The molecule has 9 heteroatoms. The molecule has 1 atom stereocenters. The van der Waals surface area contributed by atoms with Crippen LogP contribution in [0.15, 0.2) is 37.2 Å². The zero-order chi connectivity index (χ0) is 23.1. The summed E-state index contributed by atoms with van der Waals surface area (Å²) in [6.07, 6.45) is 3.53. The van der Waals surface area contributed by atoms with Crippen LogP contribution in [0.25, 0.3) is 21.1 Å². The number of aryl methyl sites for hydroxylation is 1. The van der Waals surface area contributed by atoms with Crippen LogP contribution >= 0.6 is 11.3 Å². The molecular weight excluding hydrogens is 436 g/mol. The number of likely N-dealkylation sites (tertiary alicyclic amines) is 1. The second-order valence-electron chi connectivity index (χ2n) is 7.93. The van der Waals surface area contributed by atoms with E-state index in [4.69, 9.17) is 15.6 Å². The minimum absolute atomic E-state index is 0.0159. The number of fused-ring (bicyclic) bond motifs is 2. The molecule has 0 saturated carbocycles. The molecule has 4 aromatic rings. The molecule has 1 aliphatic heterocycles. The molecule has 0 spiro atoms. The van der Waals surface area contributed by atoms with E-state index in [1.807, 2.05) is 17.7 Å². The Kier molecular flexibility index (Phi) is 5.23. The third-order valence-corrected chi connectivity index (χ3v) is 6.85.